The Balaban J connectivity index is 1.70. The smallest absolute Gasteiger partial charge is 0.224 e. The maximum atomic E-state index is 13.0. The summed E-state index contributed by atoms with van der Waals surface area (Å²) < 4.78 is 2.92. The first-order chi connectivity index (χ1) is 11.6. The molecule has 3 aliphatic carbocycles. The van der Waals surface area contributed by atoms with Crippen molar-refractivity contribution in [1.82, 2.24) is 19.5 Å². The largest absolute Gasteiger partial charge is 0.325 e. The summed E-state index contributed by atoms with van der Waals surface area (Å²) in [6.07, 6.45) is 10.3. The van der Waals surface area contributed by atoms with Crippen LogP contribution in [-0.2, 0) is 5.54 Å². The molecule has 0 spiro atoms. The molecule has 0 N–H and O–H groups in total. The van der Waals surface area contributed by atoms with Gasteiger partial charge in [0.25, 0.3) is 0 Å². The molecule has 0 amide bonds. The number of carbonyl (C=O) groups excluding carboxylic acids is 1. The highest BCUT2D eigenvalue weighted by Crippen LogP contribution is 2.63. The molecule has 7 heteroatoms. The average Bonchev–Trinajstić information content (AvgIpc) is 2.82. The summed E-state index contributed by atoms with van der Waals surface area (Å²) in [4.78, 5) is 25.6. The van der Waals surface area contributed by atoms with E-state index in [0.717, 1.165) is 40.7 Å². The molecule has 0 saturated heterocycles. The highest BCUT2D eigenvalue weighted by atomic mass is 79.9. The fraction of sp³-hybridized carbons (Fsp3) is 0.294. The number of carbonyl (C=O) groups is 1. The van der Waals surface area contributed by atoms with Gasteiger partial charge in [0, 0.05) is 45.7 Å². The molecule has 2 bridgehead atoms. The number of ketones is 1. The minimum absolute atomic E-state index is 0.0786. The van der Waals surface area contributed by atoms with Crippen LogP contribution in [0.15, 0.2) is 35.3 Å². The quantitative estimate of drug-likeness (QED) is 0.490. The maximum absolute atomic E-state index is 13.0. The lowest BCUT2D eigenvalue weighted by molar-refractivity contribution is -0.0859. The first-order valence-electron chi connectivity index (χ1n) is 7.75. The highest BCUT2D eigenvalue weighted by Gasteiger charge is 2.58. The molecule has 5 nitrogen and oxygen atoms in total. The SMILES string of the molecule is O=C(c1cncc(Br)c1)c1cn(C23CC(C2)C3)c2nc(Cl)ncc12. The molecule has 3 heterocycles. The lowest BCUT2D eigenvalue weighted by Crippen LogP contribution is -2.59. The minimum Gasteiger partial charge on any atom is -0.325 e. The van der Waals surface area contributed by atoms with Crippen LogP contribution in [0.2, 0.25) is 5.28 Å². The van der Waals surface area contributed by atoms with Gasteiger partial charge in [0.2, 0.25) is 5.28 Å². The first-order valence-corrected chi connectivity index (χ1v) is 8.92. The zero-order chi connectivity index (χ0) is 16.5. The topological polar surface area (TPSA) is 60.7 Å². The van der Waals surface area contributed by atoms with Crippen LogP contribution < -0.4 is 0 Å². The molecule has 0 unspecified atom stereocenters. The van der Waals surface area contributed by atoms with E-state index in [-0.39, 0.29) is 16.6 Å². The summed E-state index contributed by atoms with van der Waals surface area (Å²) in [6.45, 7) is 0. The van der Waals surface area contributed by atoms with Gasteiger partial charge in [-0.3, -0.25) is 9.78 Å². The summed E-state index contributed by atoms with van der Waals surface area (Å²) in [5.41, 5.74) is 2.01. The third-order valence-corrected chi connectivity index (χ3v) is 5.86. The Labute approximate surface area is 151 Å². The number of rotatable bonds is 3. The van der Waals surface area contributed by atoms with Crippen molar-refractivity contribution in [3.63, 3.8) is 0 Å². The Morgan fingerprint density at radius 3 is 2.75 bits per heavy atom. The van der Waals surface area contributed by atoms with Gasteiger partial charge >= 0.3 is 0 Å². The number of pyridine rings is 1. The molecule has 120 valence electrons. The van der Waals surface area contributed by atoms with Crippen molar-refractivity contribution in [3.05, 3.63) is 51.7 Å². The molecule has 3 saturated carbocycles. The fourth-order valence-corrected chi connectivity index (χ4v) is 4.44. The molecule has 3 fully saturated rings. The molecule has 0 aliphatic heterocycles. The standard InChI is InChI=1S/C17H12BrClN4O/c18-11-1-10(5-20-6-11)14(24)13-8-23(17-2-9(3-17)4-17)15-12(13)7-21-16(19)22-15/h1,5-9H,2-4H2. The van der Waals surface area contributed by atoms with E-state index < -0.39 is 0 Å². The van der Waals surface area contributed by atoms with Crippen molar-refractivity contribution >= 4 is 44.3 Å². The monoisotopic (exact) mass is 402 g/mol. The number of fused-ring (bicyclic) bond motifs is 1. The molecular formula is C17H12BrClN4O. The zero-order valence-corrected chi connectivity index (χ0v) is 14.9. The van der Waals surface area contributed by atoms with E-state index in [1.54, 1.807) is 24.7 Å². The van der Waals surface area contributed by atoms with Crippen molar-refractivity contribution in [3.8, 4) is 0 Å². The van der Waals surface area contributed by atoms with Gasteiger partial charge in [-0.1, -0.05) is 0 Å². The highest BCUT2D eigenvalue weighted by molar-refractivity contribution is 9.10. The van der Waals surface area contributed by atoms with Gasteiger partial charge in [-0.2, -0.15) is 4.98 Å². The predicted octanol–water partition coefficient (Wildman–Crippen LogP) is 3.98. The number of hydrogen-bond donors (Lipinski definition) is 0. The summed E-state index contributed by atoms with van der Waals surface area (Å²) in [5, 5.41) is 0.950. The number of aromatic nitrogens is 4. The van der Waals surface area contributed by atoms with E-state index in [2.05, 4.69) is 35.4 Å². The van der Waals surface area contributed by atoms with Crippen LogP contribution in [0.4, 0.5) is 0 Å². The van der Waals surface area contributed by atoms with Crippen LogP contribution in [0.25, 0.3) is 11.0 Å². The normalized spacial score (nSPS) is 24.5. The van der Waals surface area contributed by atoms with E-state index in [1.165, 1.54) is 0 Å². The molecule has 0 atom stereocenters. The summed E-state index contributed by atoms with van der Waals surface area (Å²) >= 11 is 9.37. The Kier molecular flexibility index (Phi) is 2.95. The lowest BCUT2D eigenvalue weighted by atomic mass is 9.49. The Hall–Kier alpha value is -1.79. The second-order valence-electron chi connectivity index (χ2n) is 6.71. The third kappa shape index (κ3) is 1.93. The van der Waals surface area contributed by atoms with Crippen molar-refractivity contribution in [2.75, 3.05) is 0 Å². The lowest BCUT2D eigenvalue weighted by Gasteiger charge is -2.62. The van der Waals surface area contributed by atoms with Gasteiger partial charge in [0.1, 0.15) is 5.65 Å². The molecule has 0 aromatic carbocycles. The second kappa shape index (κ2) is 4.86. The zero-order valence-electron chi connectivity index (χ0n) is 12.5. The fourth-order valence-electron chi connectivity index (χ4n) is 3.95. The van der Waals surface area contributed by atoms with Crippen LogP contribution in [0.5, 0.6) is 0 Å². The minimum atomic E-state index is -0.0786. The van der Waals surface area contributed by atoms with E-state index in [9.17, 15) is 4.79 Å². The molecular weight excluding hydrogens is 392 g/mol. The van der Waals surface area contributed by atoms with Gasteiger partial charge in [0.15, 0.2) is 5.78 Å². The van der Waals surface area contributed by atoms with Gasteiger partial charge in [-0.25, -0.2) is 4.98 Å². The van der Waals surface area contributed by atoms with Crippen LogP contribution in [0.3, 0.4) is 0 Å². The predicted molar refractivity (Wildman–Crippen MR) is 93.2 cm³/mol. The van der Waals surface area contributed by atoms with Crippen molar-refractivity contribution in [2.24, 2.45) is 5.92 Å². The van der Waals surface area contributed by atoms with E-state index >= 15 is 0 Å². The van der Waals surface area contributed by atoms with Gasteiger partial charge in [-0.05, 0) is 58.8 Å². The Bertz CT molecular complexity index is 998. The average molecular weight is 404 g/mol. The molecule has 6 rings (SSSR count). The summed E-state index contributed by atoms with van der Waals surface area (Å²) in [7, 11) is 0. The molecule has 3 aliphatic rings. The Morgan fingerprint density at radius 1 is 1.29 bits per heavy atom. The molecule has 3 aromatic heterocycles. The van der Waals surface area contributed by atoms with E-state index in [4.69, 9.17) is 11.6 Å². The third-order valence-electron chi connectivity index (χ3n) is 5.24. The summed E-state index contributed by atoms with van der Waals surface area (Å²) in [5.74, 6) is 0.748. The van der Waals surface area contributed by atoms with Gasteiger partial charge in [-0.15, -0.1) is 0 Å². The number of nitrogens with zero attached hydrogens (tertiary/aromatic N) is 4. The van der Waals surface area contributed by atoms with E-state index in [1.807, 2.05) is 6.20 Å². The summed E-state index contributed by atoms with van der Waals surface area (Å²) in [6, 6.07) is 1.77. The first kappa shape index (κ1) is 14.5. The van der Waals surface area contributed by atoms with Gasteiger partial charge < -0.3 is 4.57 Å². The number of halogens is 2. The van der Waals surface area contributed by atoms with Crippen LogP contribution in [0.1, 0.15) is 35.2 Å². The maximum Gasteiger partial charge on any atom is 0.224 e. The van der Waals surface area contributed by atoms with Crippen molar-refractivity contribution < 1.29 is 4.79 Å². The second-order valence-corrected chi connectivity index (χ2v) is 7.97. The van der Waals surface area contributed by atoms with E-state index in [0.29, 0.717) is 11.1 Å². The molecule has 3 aromatic rings. The van der Waals surface area contributed by atoms with Crippen LogP contribution in [-0.4, -0.2) is 25.3 Å². The van der Waals surface area contributed by atoms with Crippen molar-refractivity contribution in [2.45, 2.75) is 24.8 Å². The van der Waals surface area contributed by atoms with Gasteiger partial charge in [0.05, 0.1) is 5.56 Å². The molecule has 24 heavy (non-hydrogen) atoms. The number of hydrogen-bond acceptors (Lipinski definition) is 4. The Morgan fingerprint density at radius 2 is 2.08 bits per heavy atom. The van der Waals surface area contributed by atoms with Crippen molar-refractivity contribution in [1.29, 1.82) is 0 Å². The van der Waals surface area contributed by atoms with Crippen LogP contribution >= 0.6 is 27.5 Å². The molecule has 0 radical (unpaired) electrons. The van der Waals surface area contributed by atoms with Crippen LogP contribution in [0, 0.1) is 5.92 Å².